The first kappa shape index (κ1) is 25.6. The molecule has 0 saturated carbocycles. The molecule has 0 amide bonds. The van der Waals surface area contributed by atoms with Crippen LogP contribution in [0.4, 0.5) is 0 Å². The van der Waals surface area contributed by atoms with E-state index in [9.17, 15) is 0 Å². The lowest BCUT2D eigenvalue weighted by Crippen LogP contribution is -2.41. The van der Waals surface area contributed by atoms with E-state index in [1.807, 2.05) is 7.05 Å². The minimum Gasteiger partial charge on any atom is -0.373 e. The molecular formula is C25H37IN4O. The number of ether oxygens (including phenoxy) is 1. The molecule has 1 saturated heterocycles. The summed E-state index contributed by atoms with van der Waals surface area (Å²) >= 11 is 0. The lowest BCUT2D eigenvalue weighted by molar-refractivity contribution is -0.0265. The number of nitrogens with zero attached hydrogens (tertiary/aromatic N) is 2. The summed E-state index contributed by atoms with van der Waals surface area (Å²) in [7, 11) is 6.01. The summed E-state index contributed by atoms with van der Waals surface area (Å²) < 4.78 is 6.15. The van der Waals surface area contributed by atoms with Crippen LogP contribution in [0.2, 0.25) is 0 Å². The molecule has 2 atom stereocenters. The Hall–Kier alpha value is -1.64. The number of aryl methyl sites for hydroxylation is 1. The lowest BCUT2D eigenvalue weighted by Gasteiger charge is -2.32. The van der Waals surface area contributed by atoms with Gasteiger partial charge >= 0.3 is 0 Å². The van der Waals surface area contributed by atoms with Gasteiger partial charge in [0, 0.05) is 39.2 Å². The first-order chi connectivity index (χ1) is 14.5. The summed E-state index contributed by atoms with van der Waals surface area (Å²) in [5.41, 5.74) is 5.13. The third-order valence-electron chi connectivity index (χ3n) is 5.56. The first-order valence-electron chi connectivity index (χ1n) is 10.9. The summed E-state index contributed by atoms with van der Waals surface area (Å²) in [6.07, 6.45) is 2.42. The van der Waals surface area contributed by atoms with Crippen LogP contribution in [0, 0.1) is 12.8 Å². The third kappa shape index (κ3) is 8.09. The first-order valence-corrected chi connectivity index (χ1v) is 10.9. The zero-order chi connectivity index (χ0) is 21.3. The highest BCUT2D eigenvalue weighted by molar-refractivity contribution is 14.0. The highest BCUT2D eigenvalue weighted by atomic mass is 127. The Labute approximate surface area is 204 Å². The Morgan fingerprint density at radius 2 is 1.84 bits per heavy atom. The van der Waals surface area contributed by atoms with Gasteiger partial charge in [0.1, 0.15) is 0 Å². The molecule has 0 spiro atoms. The molecule has 1 aliphatic heterocycles. The predicted octanol–water partition coefficient (Wildman–Crippen LogP) is 4.51. The van der Waals surface area contributed by atoms with E-state index in [0.29, 0.717) is 5.92 Å². The maximum Gasteiger partial charge on any atom is 0.191 e. The smallest absolute Gasteiger partial charge is 0.191 e. The van der Waals surface area contributed by atoms with Crippen LogP contribution in [0.5, 0.6) is 0 Å². The zero-order valence-corrected chi connectivity index (χ0v) is 21.6. The largest absolute Gasteiger partial charge is 0.373 e. The third-order valence-corrected chi connectivity index (χ3v) is 5.56. The fraction of sp³-hybridized carbons (Fsp3) is 0.480. The lowest BCUT2D eigenvalue weighted by atomic mass is 9.89. The van der Waals surface area contributed by atoms with Crippen LogP contribution in [0.25, 0.3) is 0 Å². The number of aliphatic imine (C=N–C) groups is 1. The standard InChI is InChI=1S/C25H36N4O.HI/c1-19-10-12-22(13-11-19)24-23(9-6-14-30-24)17-28-25(26-2)27-16-20-7-5-8-21(15-20)18-29(3)4;/h5,7-8,10-13,15,23-24H,6,9,14,16-18H2,1-4H3,(H2,26,27,28);1H. The minimum atomic E-state index is 0. The van der Waals surface area contributed by atoms with Gasteiger partial charge in [-0.2, -0.15) is 0 Å². The molecule has 1 fully saturated rings. The average Bonchev–Trinajstić information content (AvgIpc) is 2.74. The maximum absolute atomic E-state index is 6.15. The molecule has 2 aromatic rings. The molecule has 1 heterocycles. The van der Waals surface area contributed by atoms with Crippen LogP contribution in [0.15, 0.2) is 53.5 Å². The van der Waals surface area contributed by atoms with Crippen molar-refractivity contribution in [1.82, 2.24) is 15.5 Å². The molecule has 31 heavy (non-hydrogen) atoms. The Morgan fingerprint density at radius 3 is 2.55 bits per heavy atom. The number of halogens is 1. The molecule has 6 heteroatoms. The second-order valence-corrected chi connectivity index (χ2v) is 8.47. The molecular weight excluding hydrogens is 499 g/mol. The van der Waals surface area contributed by atoms with Crippen molar-refractivity contribution >= 4 is 29.9 Å². The van der Waals surface area contributed by atoms with Crippen molar-refractivity contribution in [3.63, 3.8) is 0 Å². The van der Waals surface area contributed by atoms with Gasteiger partial charge in [0.25, 0.3) is 0 Å². The van der Waals surface area contributed by atoms with Gasteiger partial charge in [0.05, 0.1) is 6.10 Å². The van der Waals surface area contributed by atoms with Gasteiger partial charge in [-0.05, 0) is 50.6 Å². The Bertz CT molecular complexity index is 823. The van der Waals surface area contributed by atoms with E-state index in [1.165, 1.54) is 22.3 Å². The molecule has 2 aromatic carbocycles. The van der Waals surface area contributed by atoms with E-state index < -0.39 is 0 Å². The van der Waals surface area contributed by atoms with Crippen LogP contribution in [0.3, 0.4) is 0 Å². The highest BCUT2D eigenvalue weighted by Gasteiger charge is 2.27. The number of rotatable bonds is 7. The van der Waals surface area contributed by atoms with Gasteiger partial charge in [-0.25, -0.2) is 0 Å². The summed E-state index contributed by atoms with van der Waals surface area (Å²) in [6.45, 7) is 5.51. The zero-order valence-electron chi connectivity index (χ0n) is 19.2. The molecule has 0 aromatic heterocycles. The summed E-state index contributed by atoms with van der Waals surface area (Å²) in [5, 5.41) is 6.97. The van der Waals surface area contributed by atoms with E-state index >= 15 is 0 Å². The summed E-state index contributed by atoms with van der Waals surface area (Å²) in [5.74, 6) is 1.27. The minimum absolute atomic E-state index is 0. The summed E-state index contributed by atoms with van der Waals surface area (Å²) in [6, 6.07) is 17.4. The van der Waals surface area contributed by atoms with Gasteiger partial charge in [-0.15, -0.1) is 24.0 Å². The number of hydrogen-bond donors (Lipinski definition) is 2. The van der Waals surface area contributed by atoms with E-state index in [4.69, 9.17) is 4.74 Å². The van der Waals surface area contributed by atoms with Crippen molar-refractivity contribution in [2.75, 3.05) is 34.3 Å². The molecule has 5 nitrogen and oxygen atoms in total. The molecule has 0 bridgehead atoms. The van der Waals surface area contributed by atoms with Gasteiger partial charge in [0.2, 0.25) is 0 Å². The van der Waals surface area contributed by atoms with Crippen molar-refractivity contribution in [3.05, 3.63) is 70.8 Å². The number of benzene rings is 2. The number of guanidine groups is 1. The monoisotopic (exact) mass is 536 g/mol. The maximum atomic E-state index is 6.15. The van der Waals surface area contributed by atoms with Crippen LogP contribution >= 0.6 is 24.0 Å². The van der Waals surface area contributed by atoms with Crippen molar-refractivity contribution < 1.29 is 4.74 Å². The highest BCUT2D eigenvalue weighted by Crippen LogP contribution is 2.33. The van der Waals surface area contributed by atoms with Crippen LogP contribution in [0.1, 0.15) is 41.2 Å². The van der Waals surface area contributed by atoms with E-state index in [-0.39, 0.29) is 30.1 Å². The van der Waals surface area contributed by atoms with Crippen LogP contribution in [-0.4, -0.2) is 45.2 Å². The molecule has 2 unspecified atom stereocenters. The quantitative estimate of drug-likeness (QED) is 0.311. The second kappa shape index (κ2) is 13.0. The Kier molecular flexibility index (Phi) is 10.8. The average molecular weight is 537 g/mol. The number of nitrogens with one attached hydrogen (secondary N) is 2. The fourth-order valence-corrected chi connectivity index (χ4v) is 4.01. The molecule has 0 aliphatic carbocycles. The second-order valence-electron chi connectivity index (χ2n) is 8.47. The van der Waals surface area contributed by atoms with Gasteiger partial charge < -0.3 is 20.3 Å². The fourth-order valence-electron chi connectivity index (χ4n) is 4.01. The predicted molar refractivity (Wildman–Crippen MR) is 140 cm³/mol. The SMILES string of the molecule is CN=C(NCc1cccc(CN(C)C)c1)NCC1CCCOC1c1ccc(C)cc1.I. The van der Waals surface area contributed by atoms with Gasteiger partial charge in [-0.1, -0.05) is 54.1 Å². The van der Waals surface area contributed by atoms with Gasteiger partial charge in [0.15, 0.2) is 5.96 Å². The van der Waals surface area contributed by atoms with Crippen LogP contribution < -0.4 is 10.6 Å². The van der Waals surface area contributed by atoms with Crippen molar-refractivity contribution in [2.24, 2.45) is 10.9 Å². The molecule has 2 N–H and O–H groups in total. The Morgan fingerprint density at radius 1 is 1.10 bits per heavy atom. The van der Waals surface area contributed by atoms with E-state index in [0.717, 1.165) is 45.0 Å². The van der Waals surface area contributed by atoms with Crippen molar-refractivity contribution in [1.29, 1.82) is 0 Å². The van der Waals surface area contributed by atoms with Crippen molar-refractivity contribution in [2.45, 2.75) is 39.0 Å². The summed E-state index contributed by atoms with van der Waals surface area (Å²) in [4.78, 5) is 6.60. The van der Waals surface area contributed by atoms with E-state index in [1.54, 1.807) is 0 Å². The van der Waals surface area contributed by atoms with E-state index in [2.05, 4.69) is 90.1 Å². The topological polar surface area (TPSA) is 48.9 Å². The Balaban J connectivity index is 0.00000341. The van der Waals surface area contributed by atoms with Crippen molar-refractivity contribution in [3.8, 4) is 0 Å². The molecule has 3 rings (SSSR count). The normalized spacial score (nSPS) is 19.1. The molecule has 170 valence electrons. The number of hydrogen-bond acceptors (Lipinski definition) is 3. The molecule has 1 aliphatic rings. The molecule has 0 radical (unpaired) electrons. The van der Waals surface area contributed by atoms with Crippen LogP contribution in [-0.2, 0) is 17.8 Å². The van der Waals surface area contributed by atoms with Gasteiger partial charge in [-0.3, -0.25) is 4.99 Å².